The lowest BCUT2D eigenvalue weighted by Crippen LogP contribution is -2.13. The molecule has 1 atom stereocenters. The molecule has 1 fully saturated rings. The Kier molecular flexibility index (Phi) is 2.51. The first kappa shape index (κ1) is 10.2. The summed E-state index contributed by atoms with van der Waals surface area (Å²) in [7, 11) is 0. The molecular weight excluding hydrogens is 188 g/mol. The van der Waals surface area contributed by atoms with Gasteiger partial charge in [0.05, 0.1) is 5.92 Å². The molecule has 0 heterocycles. The van der Waals surface area contributed by atoms with E-state index in [1.54, 1.807) is 0 Å². The number of hydrogen-bond donors (Lipinski definition) is 1. The first-order valence-electron chi connectivity index (χ1n) is 5.39. The Balaban J connectivity index is 2.36. The number of hydrogen-bond acceptors (Lipinski definition) is 1. The Morgan fingerprint density at radius 1 is 1.27 bits per heavy atom. The molecule has 0 aliphatic heterocycles. The van der Waals surface area contributed by atoms with E-state index in [4.69, 9.17) is 0 Å². The van der Waals surface area contributed by atoms with E-state index >= 15 is 0 Å². The SMILES string of the molecule is Cc1cc(C)cc(C(C(=O)O)C2CC2)c1. The highest BCUT2D eigenvalue weighted by Gasteiger charge is 2.37. The maximum absolute atomic E-state index is 11.2. The van der Waals surface area contributed by atoms with Crippen molar-refractivity contribution in [2.24, 2.45) is 5.92 Å². The fourth-order valence-electron chi connectivity index (χ4n) is 2.24. The summed E-state index contributed by atoms with van der Waals surface area (Å²) in [6.07, 6.45) is 2.12. The van der Waals surface area contributed by atoms with Crippen LogP contribution < -0.4 is 0 Å². The Morgan fingerprint density at radius 2 is 1.80 bits per heavy atom. The van der Waals surface area contributed by atoms with Gasteiger partial charge in [-0.1, -0.05) is 29.3 Å². The molecule has 0 radical (unpaired) electrons. The Morgan fingerprint density at radius 3 is 2.20 bits per heavy atom. The molecule has 15 heavy (non-hydrogen) atoms. The second kappa shape index (κ2) is 3.69. The van der Waals surface area contributed by atoms with E-state index in [-0.39, 0.29) is 5.92 Å². The largest absolute Gasteiger partial charge is 0.481 e. The Labute approximate surface area is 89.9 Å². The summed E-state index contributed by atoms with van der Waals surface area (Å²) in [4.78, 5) is 11.2. The molecule has 1 aliphatic carbocycles. The highest BCUT2D eigenvalue weighted by molar-refractivity contribution is 5.77. The molecule has 1 aliphatic rings. The number of aliphatic carboxylic acids is 1. The third-order valence-electron chi connectivity index (χ3n) is 2.96. The number of aryl methyl sites for hydroxylation is 2. The summed E-state index contributed by atoms with van der Waals surface area (Å²) in [6, 6.07) is 6.09. The first-order valence-corrected chi connectivity index (χ1v) is 5.39. The smallest absolute Gasteiger partial charge is 0.311 e. The molecule has 2 rings (SSSR count). The molecule has 80 valence electrons. The molecule has 2 heteroatoms. The van der Waals surface area contributed by atoms with Crippen molar-refractivity contribution in [3.05, 3.63) is 34.9 Å². The van der Waals surface area contributed by atoms with E-state index in [1.807, 2.05) is 26.0 Å². The van der Waals surface area contributed by atoms with Crippen LogP contribution in [0.25, 0.3) is 0 Å². The van der Waals surface area contributed by atoms with Gasteiger partial charge in [-0.2, -0.15) is 0 Å². The number of rotatable bonds is 3. The molecule has 1 aromatic rings. The molecule has 1 unspecified atom stereocenters. The zero-order valence-electron chi connectivity index (χ0n) is 9.16. The van der Waals surface area contributed by atoms with E-state index in [2.05, 4.69) is 6.07 Å². The molecule has 1 aromatic carbocycles. The van der Waals surface area contributed by atoms with Crippen molar-refractivity contribution in [2.75, 3.05) is 0 Å². The second-order valence-electron chi connectivity index (χ2n) is 4.57. The summed E-state index contributed by atoms with van der Waals surface area (Å²) in [6.45, 7) is 4.03. The lowest BCUT2D eigenvalue weighted by atomic mass is 9.92. The summed E-state index contributed by atoms with van der Waals surface area (Å²) >= 11 is 0. The van der Waals surface area contributed by atoms with E-state index in [1.165, 1.54) is 0 Å². The summed E-state index contributed by atoms with van der Waals surface area (Å²) < 4.78 is 0. The van der Waals surface area contributed by atoms with Crippen LogP contribution in [0.4, 0.5) is 0 Å². The van der Waals surface area contributed by atoms with Gasteiger partial charge in [-0.3, -0.25) is 4.79 Å². The van der Waals surface area contributed by atoms with E-state index in [9.17, 15) is 9.90 Å². The number of carboxylic acids is 1. The Bertz CT molecular complexity index is 371. The molecule has 1 saturated carbocycles. The van der Waals surface area contributed by atoms with Gasteiger partial charge in [-0.15, -0.1) is 0 Å². The second-order valence-corrected chi connectivity index (χ2v) is 4.57. The highest BCUT2D eigenvalue weighted by atomic mass is 16.4. The molecule has 2 nitrogen and oxygen atoms in total. The van der Waals surface area contributed by atoms with Crippen molar-refractivity contribution in [3.63, 3.8) is 0 Å². The van der Waals surface area contributed by atoms with Gasteiger partial charge in [0.1, 0.15) is 0 Å². The molecule has 0 spiro atoms. The van der Waals surface area contributed by atoms with Crippen molar-refractivity contribution < 1.29 is 9.90 Å². The van der Waals surface area contributed by atoms with E-state index in [0.717, 1.165) is 29.5 Å². The molecular formula is C13H16O2. The lowest BCUT2D eigenvalue weighted by molar-refractivity contribution is -0.139. The van der Waals surface area contributed by atoms with Crippen LogP contribution in [0.3, 0.4) is 0 Å². The summed E-state index contributed by atoms with van der Waals surface area (Å²) in [5.74, 6) is -0.602. The van der Waals surface area contributed by atoms with Gasteiger partial charge in [-0.25, -0.2) is 0 Å². The van der Waals surface area contributed by atoms with Gasteiger partial charge in [0.25, 0.3) is 0 Å². The third kappa shape index (κ3) is 2.20. The van der Waals surface area contributed by atoms with Crippen LogP contribution >= 0.6 is 0 Å². The minimum Gasteiger partial charge on any atom is -0.481 e. The van der Waals surface area contributed by atoms with Gasteiger partial charge in [-0.05, 0) is 38.2 Å². The third-order valence-corrected chi connectivity index (χ3v) is 2.96. The van der Waals surface area contributed by atoms with Gasteiger partial charge in [0, 0.05) is 0 Å². The standard InChI is InChI=1S/C13H16O2/c1-8-5-9(2)7-11(6-8)12(13(14)15)10-3-4-10/h5-7,10,12H,3-4H2,1-2H3,(H,14,15). The zero-order chi connectivity index (χ0) is 11.0. The average molecular weight is 204 g/mol. The molecule has 0 saturated heterocycles. The topological polar surface area (TPSA) is 37.3 Å². The van der Waals surface area contributed by atoms with Crippen LogP contribution in [-0.2, 0) is 4.79 Å². The zero-order valence-corrected chi connectivity index (χ0v) is 9.16. The molecule has 0 aromatic heterocycles. The average Bonchev–Trinajstić information content (AvgIpc) is 2.85. The quantitative estimate of drug-likeness (QED) is 0.822. The fraction of sp³-hybridized carbons (Fsp3) is 0.462. The van der Waals surface area contributed by atoms with Gasteiger partial charge < -0.3 is 5.11 Å². The van der Waals surface area contributed by atoms with Gasteiger partial charge in [0.2, 0.25) is 0 Å². The van der Waals surface area contributed by atoms with Crippen LogP contribution in [-0.4, -0.2) is 11.1 Å². The molecule has 1 N–H and O–H groups in total. The van der Waals surface area contributed by atoms with Crippen molar-refractivity contribution in [2.45, 2.75) is 32.6 Å². The predicted octanol–water partition coefficient (Wildman–Crippen LogP) is 2.88. The fourth-order valence-corrected chi connectivity index (χ4v) is 2.24. The lowest BCUT2D eigenvalue weighted by Gasteiger charge is -2.13. The number of carboxylic acid groups (broad SMARTS) is 1. The van der Waals surface area contributed by atoms with Crippen molar-refractivity contribution in [3.8, 4) is 0 Å². The van der Waals surface area contributed by atoms with Crippen LogP contribution in [0.2, 0.25) is 0 Å². The summed E-state index contributed by atoms with van der Waals surface area (Å²) in [5.41, 5.74) is 3.27. The van der Waals surface area contributed by atoms with Crippen molar-refractivity contribution in [1.82, 2.24) is 0 Å². The van der Waals surface area contributed by atoms with E-state index in [0.29, 0.717) is 5.92 Å². The maximum Gasteiger partial charge on any atom is 0.311 e. The highest BCUT2D eigenvalue weighted by Crippen LogP contribution is 2.43. The van der Waals surface area contributed by atoms with Gasteiger partial charge in [0.15, 0.2) is 0 Å². The molecule has 0 bridgehead atoms. The van der Waals surface area contributed by atoms with Crippen molar-refractivity contribution >= 4 is 5.97 Å². The number of benzene rings is 1. The van der Waals surface area contributed by atoms with Gasteiger partial charge >= 0.3 is 5.97 Å². The minimum absolute atomic E-state index is 0.288. The number of carbonyl (C=O) groups is 1. The maximum atomic E-state index is 11.2. The summed E-state index contributed by atoms with van der Waals surface area (Å²) in [5, 5.41) is 9.22. The minimum atomic E-state index is -0.678. The Hall–Kier alpha value is -1.31. The monoisotopic (exact) mass is 204 g/mol. The van der Waals surface area contributed by atoms with E-state index < -0.39 is 5.97 Å². The van der Waals surface area contributed by atoms with Crippen LogP contribution in [0.1, 0.15) is 35.4 Å². The predicted molar refractivity (Wildman–Crippen MR) is 59.0 cm³/mol. The van der Waals surface area contributed by atoms with Crippen LogP contribution in [0.5, 0.6) is 0 Å². The first-order chi connectivity index (χ1) is 7.08. The van der Waals surface area contributed by atoms with Crippen molar-refractivity contribution in [1.29, 1.82) is 0 Å². The van der Waals surface area contributed by atoms with Crippen LogP contribution in [0, 0.1) is 19.8 Å². The molecule has 0 amide bonds. The van der Waals surface area contributed by atoms with Crippen LogP contribution in [0.15, 0.2) is 18.2 Å². The normalized spacial score (nSPS) is 17.5.